The molecule has 164 valence electrons. The van der Waals surface area contributed by atoms with Gasteiger partial charge in [0.1, 0.15) is 17.2 Å². The number of Topliss-reactive ketones (excluding diaryl/α,β-unsaturated/α-hetero) is 1. The van der Waals surface area contributed by atoms with E-state index in [1.807, 2.05) is 32.1 Å². The summed E-state index contributed by atoms with van der Waals surface area (Å²) in [6.45, 7) is 6.59. The van der Waals surface area contributed by atoms with Crippen LogP contribution < -0.4 is 14.2 Å². The topological polar surface area (TPSA) is 78.9 Å². The van der Waals surface area contributed by atoms with Gasteiger partial charge in [0, 0.05) is 25.8 Å². The molecule has 0 saturated heterocycles. The Morgan fingerprint density at radius 3 is 2.06 bits per heavy atom. The van der Waals surface area contributed by atoms with Gasteiger partial charge in [-0.15, -0.1) is 0 Å². The normalized spacial score (nSPS) is 10.2. The highest BCUT2D eigenvalue weighted by Gasteiger charge is 2.21. The van der Waals surface area contributed by atoms with Gasteiger partial charge in [-0.25, -0.2) is 0 Å². The van der Waals surface area contributed by atoms with Crippen LogP contribution in [0, 0.1) is 0 Å². The molecule has 0 radical (unpaired) electrons. The van der Waals surface area contributed by atoms with Crippen molar-refractivity contribution in [2.24, 2.45) is 0 Å². The average molecular weight is 424 g/mol. The molecule has 2 rings (SSSR count). The van der Waals surface area contributed by atoms with E-state index in [1.54, 1.807) is 31.4 Å². The molecule has 0 bridgehead atoms. The first-order valence-corrected chi connectivity index (χ1v) is 10.0. The lowest BCUT2D eigenvalue weighted by molar-refractivity contribution is -0.132. The molecule has 0 aromatic heterocycles. The van der Waals surface area contributed by atoms with Crippen molar-refractivity contribution in [3.8, 4) is 17.2 Å². The summed E-state index contributed by atoms with van der Waals surface area (Å²) in [5.41, 5.74) is 3.04. The lowest BCUT2D eigenvalue weighted by Gasteiger charge is -2.16. The second-order valence-electron chi connectivity index (χ2n) is 7.36. The third kappa shape index (κ3) is 7.10. The number of allylic oxidation sites excluding steroid dienone is 2. The van der Waals surface area contributed by atoms with Crippen LogP contribution in [0.2, 0.25) is 0 Å². The van der Waals surface area contributed by atoms with Gasteiger partial charge in [-0.1, -0.05) is 23.8 Å². The monoisotopic (exact) mass is 424 g/mol. The summed E-state index contributed by atoms with van der Waals surface area (Å²) in [6, 6.07) is 10.4. The first-order chi connectivity index (χ1) is 14.7. The van der Waals surface area contributed by atoms with Gasteiger partial charge in [-0.05, 0) is 56.5 Å². The first kappa shape index (κ1) is 23.9. The standard InChI is InChI=1S/C25H28O6/c1-16(2)6-12-22-24(29-5)15-13-21(25(22)31-18(4)27)23(28)14-9-19-7-10-20(11-8-19)30-17(3)26/h6-8,10-11,13,15H,9,12,14H2,1-5H3. The maximum atomic E-state index is 13.0. The average Bonchev–Trinajstić information content (AvgIpc) is 2.70. The molecule has 0 N–H and O–H groups in total. The molecule has 0 saturated carbocycles. The third-order valence-corrected chi connectivity index (χ3v) is 4.52. The smallest absolute Gasteiger partial charge is 0.308 e. The van der Waals surface area contributed by atoms with E-state index in [0.717, 1.165) is 11.1 Å². The summed E-state index contributed by atoms with van der Waals surface area (Å²) in [4.78, 5) is 35.8. The molecule has 0 unspecified atom stereocenters. The minimum Gasteiger partial charge on any atom is -0.496 e. The van der Waals surface area contributed by atoms with E-state index in [4.69, 9.17) is 14.2 Å². The van der Waals surface area contributed by atoms with E-state index < -0.39 is 5.97 Å². The maximum absolute atomic E-state index is 13.0. The number of carbonyl (C=O) groups is 3. The summed E-state index contributed by atoms with van der Waals surface area (Å²) in [6.07, 6.45) is 3.19. The van der Waals surface area contributed by atoms with Crippen LogP contribution >= 0.6 is 0 Å². The minimum atomic E-state index is -0.498. The molecular weight excluding hydrogens is 396 g/mol. The van der Waals surface area contributed by atoms with Crippen molar-refractivity contribution in [3.63, 3.8) is 0 Å². The van der Waals surface area contributed by atoms with Crippen molar-refractivity contribution in [1.29, 1.82) is 0 Å². The fraction of sp³-hybridized carbons (Fsp3) is 0.320. The number of methoxy groups -OCH3 is 1. The second kappa shape index (κ2) is 11.1. The number of rotatable bonds is 9. The Labute approximate surface area is 182 Å². The van der Waals surface area contributed by atoms with Gasteiger partial charge in [-0.3, -0.25) is 14.4 Å². The highest BCUT2D eigenvalue weighted by molar-refractivity contribution is 6.00. The molecule has 6 nitrogen and oxygen atoms in total. The summed E-state index contributed by atoms with van der Waals surface area (Å²) in [7, 11) is 1.54. The number of hydrogen-bond acceptors (Lipinski definition) is 6. The predicted octanol–water partition coefficient (Wildman–Crippen LogP) is 4.87. The molecule has 0 aliphatic carbocycles. The molecule has 2 aromatic carbocycles. The molecule has 0 aliphatic heterocycles. The SMILES string of the molecule is COc1ccc(C(=O)CCc2ccc(OC(C)=O)cc2)c(OC(C)=O)c1CC=C(C)C. The van der Waals surface area contributed by atoms with Crippen LogP contribution in [0.3, 0.4) is 0 Å². The Morgan fingerprint density at radius 1 is 0.871 bits per heavy atom. The molecule has 31 heavy (non-hydrogen) atoms. The van der Waals surface area contributed by atoms with Gasteiger partial charge >= 0.3 is 11.9 Å². The van der Waals surface area contributed by atoms with Crippen molar-refractivity contribution >= 4 is 17.7 Å². The Kier molecular flexibility index (Phi) is 8.55. The number of hydrogen-bond donors (Lipinski definition) is 0. The molecule has 0 fully saturated rings. The fourth-order valence-electron chi connectivity index (χ4n) is 3.06. The third-order valence-electron chi connectivity index (χ3n) is 4.52. The molecule has 0 aliphatic rings. The van der Waals surface area contributed by atoms with Gasteiger partial charge in [0.2, 0.25) is 0 Å². The molecular formula is C25H28O6. The van der Waals surface area contributed by atoms with Gasteiger partial charge in [-0.2, -0.15) is 0 Å². The minimum absolute atomic E-state index is 0.138. The van der Waals surface area contributed by atoms with Crippen LogP contribution in [0.1, 0.15) is 55.6 Å². The number of benzene rings is 2. The highest BCUT2D eigenvalue weighted by Crippen LogP contribution is 2.34. The molecule has 0 atom stereocenters. The lowest BCUT2D eigenvalue weighted by Crippen LogP contribution is -2.11. The van der Waals surface area contributed by atoms with Crippen molar-refractivity contribution in [2.45, 2.75) is 47.0 Å². The fourth-order valence-corrected chi connectivity index (χ4v) is 3.06. The van der Waals surface area contributed by atoms with Gasteiger partial charge < -0.3 is 14.2 Å². The molecule has 0 spiro atoms. The van der Waals surface area contributed by atoms with Crippen LogP contribution in [0.25, 0.3) is 0 Å². The van der Waals surface area contributed by atoms with Crippen LogP contribution in [-0.4, -0.2) is 24.8 Å². The van der Waals surface area contributed by atoms with Gasteiger partial charge in [0.15, 0.2) is 5.78 Å². The molecule has 2 aromatic rings. The number of esters is 2. The largest absolute Gasteiger partial charge is 0.496 e. The van der Waals surface area contributed by atoms with E-state index in [0.29, 0.717) is 35.5 Å². The Balaban J connectivity index is 2.27. The summed E-state index contributed by atoms with van der Waals surface area (Å²) >= 11 is 0. The zero-order chi connectivity index (χ0) is 23.0. The van der Waals surface area contributed by atoms with E-state index in [2.05, 4.69) is 0 Å². The van der Waals surface area contributed by atoms with E-state index >= 15 is 0 Å². The summed E-state index contributed by atoms with van der Waals surface area (Å²) in [5, 5.41) is 0. The number of ketones is 1. The molecule has 6 heteroatoms. The first-order valence-electron chi connectivity index (χ1n) is 10.0. The quantitative estimate of drug-likeness (QED) is 0.247. The summed E-state index contributed by atoms with van der Waals surface area (Å²) in [5.74, 6) is 0.247. The number of ether oxygens (including phenoxy) is 3. The maximum Gasteiger partial charge on any atom is 0.308 e. The lowest BCUT2D eigenvalue weighted by atomic mass is 9.97. The zero-order valence-electron chi connectivity index (χ0n) is 18.6. The Bertz CT molecular complexity index is 982. The predicted molar refractivity (Wildman–Crippen MR) is 118 cm³/mol. The summed E-state index contributed by atoms with van der Waals surface area (Å²) < 4.78 is 15.9. The molecule has 0 amide bonds. The van der Waals surface area contributed by atoms with Gasteiger partial charge in [0.25, 0.3) is 0 Å². The zero-order valence-corrected chi connectivity index (χ0v) is 18.6. The Morgan fingerprint density at radius 2 is 1.52 bits per heavy atom. The van der Waals surface area contributed by atoms with E-state index in [9.17, 15) is 14.4 Å². The molecule has 0 heterocycles. The van der Waals surface area contributed by atoms with Crippen LogP contribution in [0.5, 0.6) is 17.2 Å². The number of aryl methyl sites for hydroxylation is 1. The van der Waals surface area contributed by atoms with Gasteiger partial charge in [0.05, 0.1) is 12.7 Å². The second-order valence-corrected chi connectivity index (χ2v) is 7.36. The Hall–Kier alpha value is -3.41. The van der Waals surface area contributed by atoms with Crippen molar-refractivity contribution in [2.75, 3.05) is 7.11 Å². The van der Waals surface area contributed by atoms with Crippen molar-refractivity contribution in [1.82, 2.24) is 0 Å². The van der Waals surface area contributed by atoms with Crippen LogP contribution in [-0.2, 0) is 22.4 Å². The van der Waals surface area contributed by atoms with E-state index in [1.165, 1.54) is 13.8 Å². The van der Waals surface area contributed by atoms with Crippen molar-refractivity contribution < 1.29 is 28.6 Å². The van der Waals surface area contributed by atoms with Crippen LogP contribution in [0.4, 0.5) is 0 Å². The van der Waals surface area contributed by atoms with E-state index in [-0.39, 0.29) is 23.9 Å². The van der Waals surface area contributed by atoms with Crippen LogP contribution in [0.15, 0.2) is 48.0 Å². The van der Waals surface area contributed by atoms with Crippen molar-refractivity contribution in [3.05, 3.63) is 64.7 Å². The highest BCUT2D eigenvalue weighted by atomic mass is 16.5. The number of carbonyl (C=O) groups excluding carboxylic acids is 3.